The van der Waals surface area contributed by atoms with Gasteiger partial charge in [0.05, 0.1) is 6.10 Å². The van der Waals surface area contributed by atoms with Crippen LogP contribution in [0.2, 0.25) is 0 Å². The Balaban J connectivity index is 0.000000223. The molecule has 1 aliphatic rings. The Labute approximate surface area is 82.0 Å². The highest BCUT2D eigenvalue weighted by atomic mass is 16.3. The van der Waals surface area contributed by atoms with Gasteiger partial charge in [-0.1, -0.05) is 39.0 Å². The molecule has 0 radical (unpaired) electrons. The molecule has 2 N–H and O–H groups in total. The Hall–Kier alpha value is -0.0800. The molecule has 0 atom stereocenters. The fourth-order valence-electron chi connectivity index (χ4n) is 1.44. The number of hydrogen-bond acceptors (Lipinski definition) is 2. The van der Waals surface area contributed by atoms with Gasteiger partial charge in [-0.05, 0) is 19.3 Å². The second-order valence-electron chi connectivity index (χ2n) is 3.72. The molecule has 2 heteroatoms. The van der Waals surface area contributed by atoms with Crippen molar-refractivity contribution in [2.24, 2.45) is 0 Å². The van der Waals surface area contributed by atoms with Crippen LogP contribution in [0.25, 0.3) is 0 Å². The highest BCUT2D eigenvalue weighted by Gasteiger charge is 2.09. The van der Waals surface area contributed by atoms with Crippen molar-refractivity contribution in [2.75, 3.05) is 6.61 Å². The Bertz CT molecular complexity index is 84.1. The molecule has 0 aliphatic heterocycles. The van der Waals surface area contributed by atoms with Crippen molar-refractivity contribution in [3.05, 3.63) is 0 Å². The van der Waals surface area contributed by atoms with Gasteiger partial charge < -0.3 is 10.2 Å². The van der Waals surface area contributed by atoms with E-state index in [1.165, 1.54) is 32.1 Å². The molecule has 13 heavy (non-hydrogen) atoms. The number of aliphatic hydroxyl groups is 2. The van der Waals surface area contributed by atoms with Crippen LogP contribution in [0, 0.1) is 0 Å². The number of rotatable bonds is 4. The standard InChI is InChI=1S/C6H14O.C5H10O/c1-2-3-4-5-6-7;6-5-3-1-2-4-5/h7H,2-6H2,1H3;5-6H,1-4H2. The molecular formula is C11H24O2. The van der Waals surface area contributed by atoms with E-state index in [1.807, 2.05) is 0 Å². The van der Waals surface area contributed by atoms with E-state index >= 15 is 0 Å². The first-order chi connectivity index (χ1) is 6.31. The topological polar surface area (TPSA) is 40.5 Å². The van der Waals surface area contributed by atoms with E-state index in [0.717, 1.165) is 19.3 Å². The van der Waals surface area contributed by atoms with Crippen LogP contribution in [0.15, 0.2) is 0 Å². The average Bonchev–Trinajstić information content (AvgIpc) is 2.58. The molecular weight excluding hydrogens is 164 g/mol. The molecule has 0 saturated heterocycles. The number of hydrogen-bond donors (Lipinski definition) is 2. The van der Waals surface area contributed by atoms with E-state index in [2.05, 4.69) is 6.92 Å². The molecule has 1 saturated carbocycles. The van der Waals surface area contributed by atoms with Crippen molar-refractivity contribution in [1.82, 2.24) is 0 Å². The number of aliphatic hydroxyl groups excluding tert-OH is 2. The summed E-state index contributed by atoms with van der Waals surface area (Å²) in [5.41, 5.74) is 0. The molecule has 0 spiro atoms. The summed E-state index contributed by atoms with van der Waals surface area (Å²) in [5, 5.41) is 17.0. The SMILES string of the molecule is CCCCCCO.OC1CCCC1. The van der Waals surface area contributed by atoms with E-state index in [0.29, 0.717) is 6.61 Å². The molecule has 1 fully saturated rings. The summed E-state index contributed by atoms with van der Waals surface area (Å²) in [6.07, 6.45) is 9.29. The summed E-state index contributed by atoms with van der Waals surface area (Å²) in [4.78, 5) is 0. The zero-order chi connectivity index (χ0) is 9.94. The summed E-state index contributed by atoms with van der Waals surface area (Å²) < 4.78 is 0. The first-order valence-corrected chi connectivity index (χ1v) is 5.60. The molecule has 0 aromatic rings. The maximum atomic E-state index is 8.73. The highest BCUT2D eigenvalue weighted by Crippen LogP contribution is 2.16. The molecule has 2 nitrogen and oxygen atoms in total. The minimum Gasteiger partial charge on any atom is -0.396 e. The van der Waals surface area contributed by atoms with E-state index in [4.69, 9.17) is 10.2 Å². The second kappa shape index (κ2) is 10.0. The fraction of sp³-hybridized carbons (Fsp3) is 1.00. The van der Waals surface area contributed by atoms with Gasteiger partial charge >= 0.3 is 0 Å². The first-order valence-electron chi connectivity index (χ1n) is 5.60. The highest BCUT2D eigenvalue weighted by molar-refractivity contribution is 4.63. The first kappa shape index (κ1) is 12.9. The summed E-state index contributed by atoms with van der Waals surface area (Å²) in [6.45, 7) is 2.53. The molecule has 0 bridgehead atoms. The Morgan fingerprint density at radius 3 is 2.00 bits per heavy atom. The lowest BCUT2D eigenvalue weighted by Gasteiger charge is -1.91. The summed E-state index contributed by atoms with van der Waals surface area (Å²) >= 11 is 0. The maximum Gasteiger partial charge on any atom is 0.0540 e. The van der Waals surface area contributed by atoms with Crippen LogP contribution < -0.4 is 0 Å². The van der Waals surface area contributed by atoms with E-state index < -0.39 is 0 Å². The van der Waals surface area contributed by atoms with Crippen molar-refractivity contribution >= 4 is 0 Å². The molecule has 80 valence electrons. The smallest absolute Gasteiger partial charge is 0.0540 e. The summed E-state index contributed by atoms with van der Waals surface area (Å²) in [7, 11) is 0. The van der Waals surface area contributed by atoms with Crippen LogP contribution in [0.5, 0.6) is 0 Å². The lowest BCUT2D eigenvalue weighted by atomic mass is 10.2. The van der Waals surface area contributed by atoms with Gasteiger partial charge in [-0.25, -0.2) is 0 Å². The molecule has 0 aromatic heterocycles. The zero-order valence-corrected chi connectivity index (χ0v) is 8.84. The second-order valence-corrected chi connectivity index (χ2v) is 3.72. The van der Waals surface area contributed by atoms with Crippen molar-refractivity contribution in [3.8, 4) is 0 Å². The lowest BCUT2D eigenvalue weighted by molar-refractivity contribution is 0.183. The van der Waals surface area contributed by atoms with E-state index in [-0.39, 0.29) is 6.10 Å². The third-order valence-corrected chi connectivity index (χ3v) is 2.34. The predicted octanol–water partition coefficient (Wildman–Crippen LogP) is 2.48. The largest absolute Gasteiger partial charge is 0.396 e. The normalized spacial score (nSPS) is 16.8. The van der Waals surface area contributed by atoms with Gasteiger partial charge in [0.1, 0.15) is 0 Å². The quantitative estimate of drug-likeness (QED) is 0.665. The summed E-state index contributed by atoms with van der Waals surface area (Å²) in [6, 6.07) is 0. The zero-order valence-electron chi connectivity index (χ0n) is 8.84. The van der Waals surface area contributed by atoms with Gasteiger partial charge in [-0.3, -0.25) is 0 Å². The Morgan fingerprint density at radius 2 is 1.69 bits per heavy atom. The van der Waals surface area contributed by atoms with Crippen LogP contribution in [0.3, 0.4) is 0 Å². The van der Waals surface area contributed by atoms with Crippen molar-refractivity contribution in [2.45, 2.75) is 64.4 Å². The van der Waals surface area contributed by atoms with Crippen LogP contribution in [-0.2, 0) is 0 Å². The van der Waals surface area contributed by atoms with Crippen LogP contribution in [0.4, 0.5) is 0 Å². The van der Waals surface area contributed by atoms with Gasteiger partial charge in [0.15, 0.2) is 0 Å². The predicted molar refractivity (Wildman–Crippen MR) is 55.7 cm³/mol. The van der Waals surface area contributed by atoms with Crippen LogP contribution in [0.1, 0.15) is 58.3 Å². The monoisotopic (exact) mass is 188 g/mol. The van der Waals surface area contributed by atoms with Crippen molar-refractivity contribution < 1.29 is 10.2 Å². The van der Waals surface area contributed by atoms with E-state index in [1.54, 1.807) is 0 Å². The molecule has 0 aromatic carbocycles. The Morgan fingerprint density at radius 1 is 1.08 bits per heavy atom. The maximum absolute atomic E-state index is 8.73. The van der Waals surface area contributed by atoms with Crippen molar-refractivity contribution in [1.29, 1.82) is 0 Å². The molecule has 0 unspecified atom stereocenters. The van der Waals surface area contributed by atoms with Crippen LogP contribution >= 0.6 is 0 Å². The van der Waals surface area contributed by atoms with Gasteiger partial charge in [-0.2, -0.15) is 0 Å². The molecule has 1 aliphatic carbocycles. The van der Waals surface area contributed by atoms with Gasteiger partial charge in [0.25, 0.3) is 0 Å². The molecule has 1 rings (SSSR count). The lowest BCUT2D eigenvalue weighted by Crippen LogP contribution is -1.94. The fourth-order valence-corrected chi connectivity index (χ4v) is 1.44. The van der Waals surface area contributed by atoms with Gasteiger partial charge in [0.2, 0.25) is 0 Å². The third kappa shape index (κ3) is 9.84. The third-order valence-electron chi connectivity index (χ3n) is 2.34. The molecule has 0 amide bonds. The van der Waals surface area contributed by atoms with Crippen LogP contribution in [-0.4, -0.2) is 22.9 Å². The van der Waals surface area contributed by atoms with Crippen molar-refractivity contribution in [3.63, 3.8) is 0 Å². The van der Waals surface area contributed by atoms with Gasteiger partial charge in [0, 0.05) is 6.61 Å². The van der Waals surface area contributed by atoms with E-state index in [9.17, 15) is 0 Å². The summed E-state index contributed by atoms with van der Waals surface area (Å²) in [5.74, 6) is 0. The average molecular weight is 188 g/mol. The number of unbranched alkanes of at least 4 members (excludes halogenated alkanes) is 3. The molecule has 0 heterocycles. The Kier molecular flexibility index (Phi) is 9.94. The van der Waals surface area contributed by atoms with Gasteiger partial charge in [-0.15, -0.1) is 0 Å². The minimum atomic E-state index is 0.0463. The minimum absolute atomic E-state index is 0.0463.